The molecule has 0 unspecified atom stereocenters. The van der Waals surface area contributed by atoms with E-state index in [4.69, 9.17) is 11.6 Å². The zero-order valence-corrected chi connectivity index (χ0v) is 11.5. The molecule has 0 amide bonds. The van der Waals surface area contributed by atoms with Crippen molar-refractivity contribution in [3.8, 4) is 0 Å². The Morgan fingerprint density at radius 2 is 2.24 bits per heavy atom. The van der Waals surface area contributed by atoms with Crippen LogP contribution in [0.3, 0.4) is 0 Å². The first kappa shape index (κ1) is 11.9. The van der Waals surface area contributed by atoms with E-state index < -0.39 is 10.0 Å². The van der Waals surface area contributed by atoms with Crippen LogP contribution in [0.1, 0.15) is 6.42 Å². The van der Waals surface area contributed by atoms with Gasteiger partial charge in [0.25, 0.3) is 10.0 Å². The van der Waals surface area contributed by atoms with Crippen LogP contribution in [0.25, 0.3) is 0 Å². The summed E-state index contributed by atoms with van der Waals surface area (Å²) in [5, 5.41) is 3.25. The lowest BCUT2D eigenvalue weighted by molar-refractivity contribution is 0.384. The monoisotopic (exact) mass is 292 g/mol. The van der Waals surface area contributed by atoms with Crippen LogP contribution in [0.2, 0.25) is 4.34 Å². The van der Waals surface area contributed by atoms with Gasteiger partial charge in [-0.2, -0.15) is 4.31 Å². The van der Waals surface area contributed by atoms with Crippen LogP contribution in [0.5, 0.6) is 0 Å². The Morgan fingerprint density at radius 3 is 2.94 bits per heavy atom. The smallest absolute Gasteiger partial charge is 0.252 e. The highest BCUT2D eigenvalue weighted by Crippen LogP contribution is 2.35. The fraction of sp³-hybridized carbons (Fsp3) is 0.600. The van der Waals surface area contributed by atoms with E-state index in [-0.39, 0.29) is 6.04 Å². The topological polar surface area (TPSA) is 49.4 Å². The van der Waals surface area contributed by atoms with Crippen LogP contribution in [-0.2, 0) is 10.0 Å². The van der Waals surface area contributed by atoms with Gasteiger partial charge in [-0.1, -0.05) is 11.6 Å². The van der Waals surface area contributed by atoms with Crippen LogP contribution >= 0.6 is 22.9 Å². The second-order valence-electron chi connectivity index (χ2n) is 4.45. The van der Waals surface area contributed by atoms with Gasteiger partial charge in [0.15, 0.2) is 0 Å². The van der Waals surface area contributed by atoms with Crippen molar-refractivity contribution >= 4 is 33.0 Å². The molecule has 0 aromatic carbocycles. The number of hydrogen-bond acceptors (Lipinski definition) is 4. The third-order valence-electron chi connectivity index (χ3n) is 3.51. The van der Waals surface area contributed by atoms with Crippen LogP contribution in [0, 0.1) is 5.92 Å². The van der Waals surface area contributed by atoms with Crippen molar-refractivity contribution in [1.82, 2.24) is 9.62 Å². The first-order valence-corrected chi connectivity index (χ1v) is 8.20. The minimum atomic E-state index is -3.34. The van der Waals surface area contributed by atoms with E-state index in [2.05, 4.69) is 5.32 Å². The number of nitrogens with one attached hydrogen (secondary N) is 1. The summed E-state index contributed by atoms with van der Waals surface area (Å²) in [5.41, 5.74) is 0. The van der Waals surface area contributed by atoms with Crippen molar-refractivity contribution in [3.05, 3.63) is 16.5 Å². The van der Waals surface area contributed by atoms with Gasteiger partial charge in [-0.3, -0.25) is 0 Å². The third kappa shape index (κ3) is 1.92. The number of halogens is 1. The van der Waals surface area contributed by atoms with Gasteiger partial charge in [0, 0.05) is 19.1 Å². The molecule has 3 heterocycles. The molecule has 2 saturated heterocycles. The van der Waals surface area contributed by atoms with E-state index in [0.717, 1.165) is 30.8 Å². The lowest BCUT2D eigenvalue weighted by atomic mass is 10.1. The molecule has 0 aliphatic carbocycles. The molecule has 0 spiro atoms. The van der Waals surface area contributed by atoms with Gasteiger partial charge < -0.3 is 5.32 Å². The molecule has 2 atom stereocenters. The molecule has 17 heavy (non-hydrogen) atoms. The molecule has 2 fully saturated rings. The molecule has 7 heteroatoms. The highest BCUT2D eigenvalue weighted by molar-refractivity contribution is 7.91. The summed E-state index contributed by atoms with van der Waals surface area (Å²) in [6.07, 6.45) is 0.954. The Labute approximate surface area is 110 Å². The highest BCUT2D eigenvalue weighted by Gasteiger charge is 2.44. The predicted molar refractivity (Wildman–Crippen MR) is 68.0 cm³/mol. The van der Waals surface area contributed by atoms with Gasteiger partial charge in [0.1, 0.15) is 4.21 Å². The molecule has 2 aliphatic heterocycles. The lowest BCUT2D eigenvalue weighted by Crippen LogP contribution is -2.38. The number of hydrogen-bond donors (Lipinski definition) is 1. The first-order chi connectivity index (χ1) is 8.09. The summed E-state index contributed by atoms with van der Waals surface area (Å²) < 4.78 is 27.4. The van der Waals surface area contributed by atoms with Crippen molar-refractivity contribution in [2.45, 2.75) is 16.7 Å². The zero-order valence-electron chi connectivity index (χ0n) is 9.10. The fourth-order valence-electron chi connectivity index (χ4n) is 2.66. The molecule has 0 saturated carbocycles. The van der Waals surface area contributed by atoms with E-state index in [1.807, 2.05) is 0 Å². The van der Waals surface area contributed by atoms with Crippen LogP contribution in [-0.4, -0.2) is 38.4 Å². The summed E-state index contributed by atoms with van der Waals surface area (Å²) in [4.78, 5) is 0. The van der Waals surface area contributed by atoms with Gasteiger partial charge in [-0.05, 0) is 31.0 Å². The van der Waals surface area contributed by atoms with Crippen molar-refractivity contribution < 1.29 is 8.42 Å². The number of sulfonamides is 1. The largest absolute Gasteiger partial charge is 0.315 e. The SMILES string of the molecule is O=S(=O)(c1ccc(Cl)s1)N1CC[C@H]2CNC[C@H]21. The zero-order chi connectivity index (χ0) is 12.0. The van der Waals surface area contributed by atoms with Gasteiger partial charge in [-0.25, -0.2) is 8.42 Å². The molecule has 0 radical (unpaired) electrons. The van der Waals surface area contributed by atoms with Crippen molar-refractivity contribution in [3.63, 3.8) is 0 Å². The summed E-state index contributed by atoms with van der Waals surface area (Å²) in [6.45, 7) is 2.33. The second kappa shape index (κ2) is 4.20. The maximum absolute atomic E-state index is 12.4. The number of nitrogens with zero attached hydrogens (tertiary/aromatic N) is 1. The Balaban J connectivity index is 1.93. The summed E-state index contributed by atoms with van der Waals surface area (Å²) in [7, 11) is -3.34. The average molecular weight is 293 g/mol. The molecule has 4 nitrogen and oxygen atoms in total. The molecular weight excluding hydrogens is 280 g/mol. The number of thiophene rings is 1. The van der Waals surface area contributed by atoms with Gasteiger partial charge in [0.2, 0.25) is 0 Å². The molecule has 0 bridgehead atoms. The maximum Gasteiger partial charge on any atom is 0.252 e. The molecule has 94 valence electrons. The average Bonchev–Trinajstić information content (AvgIpc) is 2.89. The van der Waals surface area contributed by atoms with Gasteiger partial charge in [-0.15, -0.1) is 11.3 Å². The normalized spacial score (nSPS) is 29.7. The summed E-state index contributed by atoms with van der Waals surface area (Å²) in [5.74, 6) is 0.472. The standard InChI is InChI=1S/C10H13ClN2O2S2/c11-9-1-2-10(16-9)17(14,15)13-4-3-7-5-12-6-8(7)13/h1-2,7-8,12H,3-6H2/t7-,8+/m0/s1. The molecule has 1 N–H and O–H groups in total. The lowest BCUT2D eigenvalue weighted by Gasteiger charge is -2.21. The van der Waals surface area contributed by atoms with E-state index in [0.29, 0.717) is 21.0 Å². The number of fused-ring (bicyclic) bond motifs is 1. The molecular formula is C10H13ClN2O2S2. The Kier molecular flexibility index (Phi) is 2.95. The Morgan fingerprint density at radius 1 is 1.41 bits per heavy atom. The van der Waals surface area contributed by atoms with Crippen molar-refractivity contribution in [2.24, 2.45) is 5.92 Å². The van der Waals surface area contributed by atoms with Gasteiger partial charge in [0.05, 0.1) is 4.34 Å². The minimum Gasteiger partial charge on any atom is -0.315 e. The Hall–Kier alpha value is -0.140. The molecule has 2 aliphatic rings. The van der Waals surface area contributed by atoms with Crippen molar-refractivity contribution in [2.75, 3.05) is 19.6 Å². The van der Waals surface area contributed by atoms with E-state index in [1.165, 1.54) is 0 Å². The number of rotatable bonds is 2. The summed E-state index contributed by atoms with van der Waals surface area (Å²) in [6, 6.07) is 3.36. The molecule has 1 aromatic heterocycles. The van der Waals surface area contributed by atoms with Crippen LogP contribution in [0.15, 0.2) is 16.3 Å². The second-order valence-corrected chi connectivity index (χ2v) is 8.28. The first-order valence-electron chi connectivity index (χ1n) is 5.57. The van der Waals surface area contributed by atoms with Gasteiger partial charge >= 0.3 is 0 Å². The molecule has 1 aromatic rings. The Bertz CT molecular complexity index is 528. The summed E-state index contributed by atoms with van der Waals surface area (Å²) >= 11 is 6.94. The quantitative estimate of drug-likeness (QED) is 0.896. The van der Waals surface area contributed by atoms with Crippen molar-refractivity contribution in [1.29, 1.82) is 0 Å². The van der Waals surface area contributed by atoms with Crippen LogP contribution < -0.4 is 5.32 Å². The van der Waals surface area contributed by atoms with Crippen LogP contribution in [0.4, 0.5) is 0 Å². The minimum absolute atomic E-state index is 0.126. The van der Waals surface area contributed by atoms with E-state index >= 15 is 0 Å². The molecule has 3 rings (SSSR count). The van der Waals surface area contributed by atoms with E-state index in [1.54, 1.807) is 16.4 Å². The highest BCUT2D eigenvalue weighted by atomic mass is 35.5. The fourth-order valence-corrected chi connectivity index (χ4v) is 5.97. The third-order valence-corrected chi connectivity index (χ3v) is 7.13. The maximum atomic E-state index is 12.4. The predicted octanol–water partition coefficient (Wildman–Crippen LogP) is 1.38. The van der Waals surface area contributed by atoms with E-state index in [9.17, 15) is 8.42 Å².